The first-order chi connectivity index (χ1) is 18.3. The molecule has 1 fully saturated rings. The first-order valence-electron chi connectivity index (χ1n) is 13.5. The smallest absolute Gasteiger partial charge is 0.309 e. The number of carbonyl (C=O) groups excluding carboxylic acids is 1. The number of hydrogen-bond donors (Lipinski definition) is 3. The van der Waals surface area contributed by atoms with E-state index in [0.717, 1.165) is 25.7 Å². The molecule has 2 aliphatic rings. The van der Waals surface area contributed by atoms with Crippen molar-refractivity contribution in [2.24, 2.45) is 13.0 Å². The Morgan fingerprint density at radius 3 is 2.49 bits per heavy atom. The van der Waals surface area contributed by atoms with Crippen molar-refractivity contribution in [1.29, 1.82) is 0 Å². The fourth-order valence-corrected chi connectivity index (χ4v) is 5.73. The summed E-state index contributed by atoms with van der Waals surface area (Å²) in [5.41, 5.74) is -0.235. The molecule has 10 heteroatoms. The van der Waals surface area contributed by atoms with E-state index in [-0.39, 0.29) is 36.2 Å². The molecule has 0 unspecified atom stereocenters. The quantitative estimate of drug-likeness (QED) is 0.489. The van der Waals surface area contributed by atoms with Gasteiger partial charge in [-0.1, -0.05) is 6.92 Å². The monoisotopic (exact) mass is 543 g/mol. The standard InChI is InChI=1S/C29H38FN3O6/c1-16-6-8-19(9-7-16)31-27(36)25-17(2)24(21(14-23(34)35)32(5)28(25)37)18-12-20(30)26-22(13-18)33(10-11-39-26)15-29(3,4)38/h12-13,16,19,38H,6-11,14-15H2,1-5H3,(H,31,36)(H,34,35). The van der Waals surface area contributed by atoms with E-state index in [0.29, 0.717) is 34.8 Å². The molecule has 0 atom stereocenters. The lowest BCUT2D eigenvalue weighted by atomic mass is 9.87. The number of carboxylic acid groups (broad SMARTS) is 1. The molecular weight excluding hydrogens is 505 g/mol. The van der Waals surface area contributed by atoms with Gasteiger partial charge in [-0.2, -0.15) is 0 Å². The van der Waals surface area contributed by atoms with Gasteiger partial charge in [-0.25, -0.2) is 4.39 Å². The first kappa shape index (κ1) is 28.6. The summed E-state index contributed by atoms with van der Waals surface area (Å²) in [7, 11) is 1.43. The maximum Gasteiger partial charge on any atom is 0.309 e. The minimum atomic E-state index is -1.16. The Labute approximate surface area is 227 Å². The van der Waals surface area contributed by atoms with Gasteiger partial charge in [0.25, 0.3) is 11.5 Å². The SMILES string of the molecule is Cc1c(-c2cc(F)c3c(c2)N(CC(C)(C)O)CCO3)c(CC(=O)O)n(C)c(=O)c1C(=O)NC1CCC(C)CC1. The third-order valence-electron chi connectivity index (χ3n) is 7.70. The second-order valence-corrected chi connectivity index (χ2v) is 11.6. The molecule has 1 saturated carbocycles. The van der Waals surface area contributed by atoms with Crippen molar-refractivity contribution in [3.05, 3.63) is 45.1 Å². The molecule has 1 aliphatic carbocycles. The summed E-state index contributed by atoms with van der Waals surface area (Å²) in [5, 5.41) is 23.1. The van der Waals surface area contributed by atoms with Crippen LogP contribution in [-0.4, -0.2) is 58.0 Å². The van der Waals surface area contributed by atoms with Crippen molar-refractivity contribution < 1.29 is 28.9 Å². The minimum absolute atomic E-state index is 0.0426. The highest BCUT2D eigenvalue weighted by molar-refractivity contribution is 5.98. The third-order valence-corrected chi connectivity index (χ3v) is 7.70. The summed E-state index contributed by atoms with van der Waals surface area (Å²) < 4.78 is 22.2. The van der Waals surface area contributed by atoms with E-state index in [4.69, 9.17) is 4.74 Å². The second-order valence-electron chi connectivity index (χ2n) is 11.6. The van der Waals surface area contributed by atoms with Gasteiger partial charge < -0.3 is 29.7 Å². The van der Waals surface area contributed by atoms with Crippen LogP contribution in [0.1, 0.15) is 68.1 Å². The molecule has 9 nitrogen and oxygen atoms in total. The Kier molecular flexibility index (Phi) is 8.07. The Morgan fingerprint density at radius 1 is 1.21 bits per heavy atom. The minimum Gasteiger partial charge on any atom is -0.486 e. The molecule has 4 rings (SSSR count). The Morgan fingerprint density at radius 2 is 1.87 bits per heavy atom. The number of amides is 1. The number of pyridine rings is 1. The van der Waals surface area contributed by atoms with Gasteiger partial charge in [0, 0.05) is 30.9 Å². The van der Waals surface area contributed by atoms with Crippen molar-refractivity contribution in [3.63, 3.8) is 0 Å². The van der Waals surface area contributed by atoms with Crippen molar-refractivity contribution in [2.75, 3.05) is 24.6 Å². The van der Waals surface area contributed by atoms with Crippen molar-refractivity contribution >= 4 is 17.6 Å². The molecule has 1 amide bonds. The Bertz CT molecular complexity index is 1340. The van der Waals surface area contributed by atoms with Gasteiger partial charge in [-0.15, -0.1) is 0 Å². The molecule has 3 N–H and O–H groups in total. The molecule has 1 aromatic carbocycles. The summed E-state index contributed by atoms with van der Waals surface area (Å²) in [4.78, 5) is 40.5. The highest BCUT2D eigenvalue weighted by atomic mass is 19.1. The number of halogens is 1. The Hall–Kier alpha value is -3.40. The number of anilines is 1. The predicted octanol–water partition coefficient (Wildman–Crippen LogP) is 3.41. The number of nitrogens with zero attached hydrogens (tertiary/aromatic N) is 2. The predicted molar refractivity (Wildman–Crippen MR) is 146 cm³/mol. The maximum absolute atomic E-state index is 15.5. The number of ether oxygens (including phenoxy) is 1. The molecule has 212 valence electrons. The van der Waals surface area contributed by atoms with Crippen LogP contribution in [0.2, 0.25) is 0 Å². The maximum atomic E-state index is 15.5. The van der Waals surface area contributed by atoms with Gasteiger partial charge in [-0.05, 0) is 75.6 Å². The van der Waals surface area contributed by atoms with Crippen LogP contribution in [0, 0.1) is 18.7 Å². The van der Waals surface area contributed by atoms with Crippen molar-refractivity contribution in [1.82, 2.24) is 9.88 Å². The van der Waals surface area contributed by atoms with Crippen molar-refractivity contribution in [2.45, 2.75) is 71.4 Å². The number of aliphatic carboxylic acids is 1. The van der Waals surface area contributed by atoms with Crippen LogP contribution in [0.4, 0.5) is 10.1 Å². The lowest BCUT2D eigenvalue weighted by molar-refractivity contribution is -0.136. The van der Waals surface area contributed by atoms with Crippen LogP contribution in [0.3, 0.4) is 0 Å². The number of aliphatic hydroxyl groups is 1. The van der Waals surface area contributed by atoms with Gasteiger partial charge in [0.05, 0.1) is 24.3 Å². The van der Waals surface area contributed by atoms with Crippen LogP contribution < -0.4 is 20.5 Å². The average Bonchev–Trinajstić information content (AvgIpc) is 2.83. The molecule has 1 aromatic heterocycles. The number of benzene rings is 1. The number of carboxylic acids is 1. The highest BCUT2D eigenvalue weighted by Crippen LogP contribution is 2.41. The summed E-state index contributed by atoms with van der Waals surface area (Å²) in [6, 6.07) is 2.87. The van der Waals surface area contributed by atoms with Crippen molar-refractivity contribution in [3.8, 4) is 16.9 Å². The summed E-state index contributed by atoms with van der Waals surface area (Å²) >= 11 is 0. The summed E-state index contributed by atoms with van der Waals surface area (Å²) in [5.74, 6) is -1.69. The number of hydrogen-bond acceptors (Lipinski definition) is 6. The van der Waals surface area contributed by atoms with Gasteiger partial charge in [0.2, 0.25) is 0 Å². The van der Waals surface area contributed by atoms with E-state index >= 15 is 4.39 Å². The number of fused-ring (bicyclic) bond motifs is 1. The Balaban J connectivity index is 1.87. The number of nitrogens with one attached hydrogen (secondary N) is 1. The van der Waals surface area contributed by atoms with Crippen LogP contribution in [-0.2, 0) is 18.3 Å². The third kappa shape index (κ3) is 6.11. The van der Waals surface area contributed by atoms with E-state index in [2.05, 4.69) is 12.2 Å². The zero-order valence-electron chi connectivity index (χ0n) is 23.3. The molecule has 0 radical (unpaired) electrons. The number of carbonyl (C=O) groups is 2. The molecule has 0 spiro atoms. The average molecular weight is 544 g/mol. The van der Waals surface area contributed by atoms with E-state index in [9.17, 15) is 24.6 Å². The van der Waals surface area contributed by atoms with Crippen LogP contribution in [0.15, 0.2) is 16.9 Å². The molecule has 1 aliphatic heterocycles. The largest absolute Gasteiger partial charge is 0.486 e. The molecular formula is C29H38FN3O6. The number of β-amino-alcohol motifs (C(OH)–C–C–N with tert-alkyl or cyclic N) is 1. The van der Waals surface area contributed by atoms with Gasteiger partial charge in [0.15, 0.2) is 11.6 Å². The van der Waals surface area contributed by atoms with Crippen LogP contribution in [0.25, 0.3) is 11.1 Å². The molecule has 0 bridgehead atoms. The number of rotatable bonds is 7. The first-order valence-corrected chi connectivity index (χ1v) is 13.5. The van der Waals surface area contributed by atoms with Gasteiger partial charge in [-0.3, -0.25) is 14.4 Å². The van der Waals surface area contributed by atoms with E-state index < -0.39 is 35.3 Å². The van der Waals surface area contributed by atoms with Gasteiger partial charge >= 0.3 is 5.97 Å². The number of aromatic nitrogens is 1. The molecule has 2 aromatic rings. The fraction of sp³-hybridized carbons (Fsp3) is 0.552. The molecule has 39 heavy (non-hydrogen) atoms. The van der Waals surface area contributed by atoms with E-state index in [1.165, 1.54) is 17.7 Å². The second kappa shape index (κ2) is 11.0. The fourth-order valence-electron chi connectivity index (χ4n) is 5.73. The van der Waals surface area contributed by atoms with Crippen LogP contribution >= 0.6 is 0 Å². The van der Waals surface area contributed by atoms with Gasteiger partial charge in [0.1, 0.15) is 12.2 Å². The summed E-state index contributed by atoms with van der Waals surface area (Å²) in [6.45, 7) is 7.96. The normalized spacial score (nSPS) is 19.3. The van der Waals surface area contributed by atoms with E-state index in [1.807, 2.05) is 4.90 Å². The topological polar surface area (TPSA) is 121 Å². The zero-order valence-corrected chi connectivity index (χ0v) is 23.3. The lowest BCUT2D eigenvalue weighted by Gasteiger charge is -2.35. The van der Waals surface area contributed by atoms with E-state index in [1.54, 1.807) is 26.8 Å². The molecule has 0 saturated heterocycles. The van der Waals surface area contributed by atoms with Crippen LogP contribution in [0.5, 0.6) is 5.75 Å². The lowest BCUT2D eigenvalue weighted by Crippen LogP contribution is -2.43. The highest BCUT2D eigenvalue weighted by Gasteiger charge is 2.31. The summed E-state index contributed by atoms with van der Waals surface area (Å²) in [6.07, 6.45) is 3.13. The zero-order chi connectivity index (χ0) is 28.6. The molecule has 2 heterocycles.